The average Bonchev–Trinajstić information content (AvgIpc) is 2.86. The summed E-state index contributed by atoms with van der Waals surface area (Å²) in [6.07, 6.45) is 0. The lowest BCUT2D eigenvalue weighted by atomic mass is 10.0. The molecule has 1 atom stereocenters. The van der Waals surface area contributed by atoms with Crippen molar-refractivity contribution in [3.63, 3.8) is 0 Å². The third-order valence-electron chi connectivity index (χ3n) is 6.19. The summed E-state index contributed by atoms with van der Waals surface area (Å²) in [4.78, 5) is 7.13. The number of piperazine rings is 1. The number of para-hydroxylation sites is 1. The van der Waals surface area contributed by atoms with Crippen molar-refractivity contribution in [3.8, 4) is 0 Å². The third kappa shape index (κ3) is 5.74. The highest BCUT2D eigenvalue weighted by Crippen LogP contribution is 2.26. The van der Waals surface area contributed by atoms with E-state index in [1.54, 1.807) is 24.3 Å². The summed E-state index contributed by atoms with van der Waals surface area (Å²) in [6.45, 7) is 3.86. The number of anilines is 2. The van der Waals surface area contributed by atoms with Crippen LogP contribution in [0.15, 0.2) is 89.8 Å². The van der Waals surface area contributed by atoms with Crippen molar-refractivity contribution < 1.29 is 8.42 Å². The summed E-state index contributed by atoms with van der Waals surface area (Å²) in [5.74, 6) is 0. The fourth-order valence-electron chi connectivity index (χ4n) is 4.25. The van der Waals surface area contributed by atoms with E-state index < -0.39 is 10.0 Å². The minimum Gasteiger partial charge on any atom is -0.378 e. The number of nitrogens with one attached hydrogen (secondary N) is 1. The van der Waals surface area contributed by atoms with E-state index in [0.717, 1.165) is 37.4 Å². The summed E-state index contributed by atoms with van der Waals surface area (Å²) < 4.78 is 28.6. The van der Waals surface area contributed by atoms with Gasteiger partial charge >= 0.3 is 0 Å². The van der Waals surface area contributed by atoms with Crippen LogP contribution in [0.5, 0.6) is 0 Å². The molecule has 0 saturated carbocycles. The van der Waals surface area contributed by atoms with Crippen LogP contribution in [0, 0.1) is 0 Å². The van der Waals surface area contributed by atoms with Crippen LogP contribution < -0.4 is 14.5 Å². The molecule has 0 bridgehead atoms. The van der Waals surface area contributed by atoms with Crippen LogP contribution in [-0.2, 0) is 10.0 Å². The van der Waals surface area contributed by atoms with Crippen molar-refractivity contribution in [2.75, 3.05) is 56.6 Å². The van der Waals surface area contributed by atoms with Gasteiger partial charge in [0.2, 0.25) is 10.0 Å². The molecule has 1 fully saturated rings. The average molecular weight is 465 g/mol. The first-order valence-electron chi connectivity index (χ1n) is 11.3. The molecular weight excluding hydrogens is 432 g/mol. The van der Waals surface area contributed by atoms with Crippen molar-refractivity contribution in [3.05, 3.63) is 90.5 Å². The molecule has 0 radical (unpaired) electrons. The van der Waals surface area contributed by atoms with Gasteiger partial charge in [-0.15, -0.1) is 0 Å². The largest absolute Gasteiger partial charge is 0.378 e. The maximum Gasteiger partial charge on any atom is 0.240 e. The van der Waals surface area contributed by atoms with Gasteiger partial charge in [0.15, 0.2) is 0 Å². The van der Waals surface area contributed by atoms with E-state index in [2.05, 4.69) is 68.0 Å². The predicted octanol–water partition coefficient (Wildman–Crippen LogP) is 3.59. The van der Waals surface area contributed by atoms with Crippen LogP contribution in [0.25, 0.3) is 0 Å². The van der Waals surface area contributed by atoms with E-state index in [1.807, 2.05) is 26.2 Å². The monoisotopic (exact) mass is 464 g/mol. The molecule has 174 valence electrons. The molecule has 1 aliphatic rings. The molecule has 1 aliphatic heterocycles. The zero-order valence-corrected chi connectivity index (χ0v) is 20.1. The van der Waals surface area contributed by atoms with Gasteiger partial charge in [0.1, 0.15) is 0 Å². The van der Waals surface area contributed by atoms with Crippen LogP contribution >= 0.6 is 0 Å². The highest BCUT2D eigenvalue weighted by atomic mass is 32.2. The van der Waals surface area contributed by atoms with Crippen LogP contribution in [0.3, 0.4) is 0 Å². The fraction of sp³-hybridized carbons (Fsp3) is 0.308. The summed E-state index contributed by atoms with van der Waals surface area (Å²) in [5, 5.41) is 0. The van der Waals surface area contributed by atoms with Crippen molar-refractivity contribution in [1.29, 1.82) is 0 Å². The Bertz CT molecular complexity index is 1110. The molecule has 6 nitrogen and oxygen atoms in total. The summed E-state index contributed by atoms with van der Waals surface area (Å²) in [5.41, 5.74) is 3.47. The Kier molecular flexibility index (Phi) is 7.33. The molecule has 0 amide bonds. The Labute approximate surface area is 197 Å². The maximum atomic E-state index is 12.9. The smallest absolute Gasteiger partial charge is 0.240 e. The molecule has 0 aliphatic carbocycles. The molecular formula is C26H32N4O2S. The topological polar surface area (TPSA) is 55.9 Å². The normalized spacial score (nSPS) is 15.9. The van der Waals surface area contributed by atoms with Gasteiger partial charge in [0.25, 0.3) is 0 Å². The highest BCUT2D eigenvalue weighted by molar-refractivity contribution is 7.89. The Morgan fingerprint density at radius 1 is 0.818 bits per heavy atom. The first kappa shape index (κ1) is 23.3. The SMILES string of the molecule is CN(C)c1ccc([C@@H](CNS(=O)(=O)c2ccccc2)N2CCN(c3ccccc3)CC2)cc1. The number of hydrogen-bond acceptors (Lipinski definition) is 5. The molecule has 4 rings (SSSR count). The van der Waals surface area contributed by atoms with Gasteiger partial charge in [-0.05, 0) is 42.0 Å². The molecule has 1 saturated heterocycles. The predicted molar refractivity (Wildman–Crippen MR) is 135 cm³/mol. The van der Waals surface area contributed by atoms with E-state index in [-0.39, 0.29) is 6.04 Å². The number of benzene rings is 3. The van der Waals surface area contributed by atoms with Gasteiger partial charge < -0.3 is 9.80 Å². The lowest BCUT2D eigenvalue weighted by Gasteiger charge is -2.40. The van der Waals surface area contributed by atoms with E-state index in [1.165, 1.54) is 5.69 Å². The van der Waals surface area contributed by atoms with Crippen molar-refractivity contribution in [2.45, 2.75) is 10.9 Å². The minimum atomic E-state index is -3.57. The standard InChI is InChI=1S/C26H32N4O2S/c1-28(2)23-15-13-22(14-16-23)26(21-27-33(31,32)25-11-7-4-8-12-25)30-19-17-29(18-20-30)24-9-5-3-6-10-24/h3-16,26-27H,17-21H2,1-2H3/t26-/m1/s1. The van der Waals surface area contributed by atoms with Crippen molar-refractivity contribution in [2.24, 2.45) is 0 Å². The highest BCUT2D eigenvalue weighted by Gasteiger charge is 2.27. The quantitative estimate of drug-likeness (QED) is 0.552. The van der Waals surface area contributed by atoms with Gasteiger partial charge in [-0.1, -0.05) is 48.5 Å². The Hall–Kier alpha value is -2.87. The lowest BCUT2D eigenvalue weighted by Crippen LogP contribution is -2.49. The van der Waals surface area contributed by atoms with E-state index in [9.17, 15) is 8.42 Å². The molecule has 0 aromatic heterocycles. The second-order valence-electron chi connectivity index (χ2n) is 8.53. The number of nitrogens with zero attached hydrogens (tertiary/aromatic N) is 3. The Balaban J connectivity index is 1.52. The second-order valence-corrected chi connectivity index (χ2v) is 10.3. The number of hydrogen-bond donors (Lipinski definition) is 1. The molecule has 7 heteroatoms. The van der Waals surface area contributed by atoms with Gasteiger partial charge in [0.05, 0.1) is 4.90 Å². The molecule has 3 aromatic rings. The lowest BCUT2D eigenvalue weighted by molar-refractivity contribution is 0.187. The number of sulfonamides is 1. The van der Waals surface area contributed by atoms with Crippen LogP contribution in [0.4, 0.5) is 11.4 Å². The molecule has 33 heavy (non-hydrogen) atoms. The molecule has 0 spiro atoms. The van der Waals surface area contributed by atoms with Gasteiger partial charge in [-0.3, -0.25) is 4.90 Å². The molecule has 0 unspecified atom stereocenters. The Morgan fingerprint density at radius 2 is 1.39 bits per heavy atom. The molecule has 1 heterocycles. The second kappa shape index (κ2) is 10.4. The third-order valence-corrected chi connectivity index (χ3v) is 7.63. The first-order valence-corrected chi connectivity index (χ1v) is 12.8. The van der Waals surface area contributed by atoms with Gasteiger partial charge in [0, 0.05) is 64.2 Å². The molecule has 1 N–H and O–H groups in total. The Morgan fingerprint density at radius 3 is 1.97 bits per heavy atom. The fourth-order valence-corrected chi connectivity index (χ4v) is 5.31. The van der Waals surface area contributed by atoms with Crippen LogP contribution in [0.1, 0.15) is 11.6 Å². The van der Waals surface area contributed by atoms with Crippen molar-refractivity contribution in [1.82, 2.24) is 9.62 Å². The van der Waals surface area contributed by atoms with Crippen LogP contribution in [-0.4, -0.2) is 60.1 Å². The van der Waals surface area contributed by atoms with E-state index in [4.69, 9.17) is 0 Å². The van der Waals surface area contributed by atoms with Crippen LogP contribution in [0.2, 0.25) is 0 Å². The van der Waals surface area contributed by atoms with Gasteiger partial charge in [-0.2, -0.15) is 0 Å². The first-order chi connectivity index (χ1) is 15.9. The van der Waals surface area contributed by atoms with E-state index in [0.29, 0.717) is 11.4 Å². The van der Waals surface area contributed by atoms with E-state index >= 15 is 0 Å². The maximum absolute atomic E-state index is 12.9. The van der Waals surface area contributed by atoms with Gasteiger partial charge in [-0.25, -0.2) is 13.1 Å². The summed E-state index contributed by atoms with van der Waals surface area (Å²) >= 11 is 0. The minimum absolute atomic E-state index is 0.0439. The summed E-state index contributed by atoms with van der Waals surface area (Å²) in [6, 6.07) is 27.4. The summed E-state index contributed by atoms with van der Waals surface area (Å²) in [7, 11) is 0.462. The zero-order valence-electron chi connectivity index (χ0n) is 19.3. The molecule has 3 aromatic carbocycles. The number of rotatable bonds is 8. The van der Waals surface area contributed by atoms with Crippen molar-refractivity contribution >= 4 is 21.4 Å². The zero-order chi connectivity index (χ0) is 23.3.